The fourth-order valence-corrected chi connectivity index (χ4v) is 1.57. The summed E-state index contributed by atoms with van der Waals surface area (Å²) in [5.41, 5.74) is 1.52. The first kappa shape index (κ1) is 13.8. The lowest BCUT2D eigenvalue weighted by Gasteiger charge is -2.19. The van der Waals surface area contributed by atoms with E-state index in [1.807, 2.05) is 38.9 Å². The van der Waals surface area contributed by atoms with E-state index < -0.39 is 6.10 Å². The zero-order valence-electron chi connectivity index (χ0n) is 10.9. The average molecular weight is 238 g/mol. The number of aliphatic hydroxyl groups is 1. The number of nitrogens with one attached hydrogen (secondary N) is 1. The standard InChI is InChI=1S/C13H22N2O2/c1-9(2)14-8-13(17)10-5-6-12(16)11(7-10)15(3)4/h5-7,9,13-14,16-17H,8H2,1-4H3. The van der Waals surface area contributed by atoms with E-state index in [9.17, 15) is 10.2 Å². The van der Waals surface area contributed by atoms with Crippen LogP contribution in [0.5, 0.6) is 5.75 Å². The Kier molecular flexibility index (Phi) is 4.78. The molecule has 0 radical (unpaired) electrons. The molecule has 0 bridgehead atoms. The van der Waals surface area contributed by atoms with E-state index in [0.717, 1.165) is 5.56 Å². The van der Waals surface area contributed by atoms with E-state index in [1.54, 1.807) is 12.1 Å². The van der Waals surface area contributed by atoms with Gasteiger partial charge in [-0.3, -0.25) is 0 Å². The topological polar surface area (TPSA) is 55.7 Å². The van der Waals surface area contributed by atoms with Crippen molar-refractivity contribution in [1.82, 2.24) is 5.32 Å². The van der Waals surface area contributed by atoms with Crippen LogP contribution < -0.4 is 10.2 Å². The van der Waals surface area contributed by atoms with Gasteiger partial charge in [0.2, 0.25) is 0 Å². The van der Waals surface area contributed by atoms with Crippen molar-refractivity contribution in [3.8, 4) is 5.75 Å². The summed E-state index contributed by atoms with van der Waals surface area (Å²) in [6, 6.07) is 5.51. The number of aliphatic hydroxyl groups excluding tert-OH is 1. The van der Waals surface area contributed by atoms with Crippen LogP contribution in [0.3, 0.4) is 0 Å². The van der Waals surface area contributed by atoms with Crippen molar-refractivity contribution in [1.29, 1.82) is 0 Å². The van der Waals surface area contributed by atoms with E-state index in [2.05, 4.69) is 5.32 Å². The molecule has 0 aliphatic rings. The minimum atomic E-state index is -0.559. The highest BCUT2D eigenvalue weighted by molar-refractivity contribution is 5.58. The number of aromatic hydroxyl groups is 1. The number of nitrogens with zero attached hydrogens (tertiary/aromatic N) is 1. The third-order valence-electron chi connectivity index (χ3n) is 2.59. The first-order chi connectivity index (χ1) is 7.91. The van der Waals surface area contributed by atoms with Crippen molar-refractivity contribution >= 4 is 5.69 Å². The molecule has 0 aliphatic carbocycles. The molecule has 1 atom stereocenters. The monoisotopic (exact) mass is 238 g/mol. The van der Waals surface area contributed by atoms with Crippen molar-refractivity contribution in [3.05, 3.63) is 23.8 Å². The van der Waals surface area contributed by atoms with Gasteiger partial charge >= 0.3 is 0 Å². The molecule has 1 rings (SSSR count). The van der Waals surface area contributed by atoms with Crippen molar-refractivity contribution in [3.63, 3.8) is 0 Å². The Morgan fingerprint density at radius 1 is 1.29 bits per heavy atom. The number of hydrogen-bond donors (Lipinski definition) is 3. The molecular formula is C13H22N2O2. The Morgan fingerprint density at radius 2 is 1.94 bits per heavy atom. The molecule has 4 nitrogen and oxygen atoms in total. The lowest BCUT2D eigenvalue weighted by molar-refractivity contribution is 0.171. The predicted molar refractivity (Wildman–Crippen MR) is 70.5 cm³/mol. The van der Waals surface area contributed by atoms with Gasteiger partial charge in [-0.05, 0) is 17.7 Å². The van der Waals surface area contributed by atoms with Crippen molar-refractivity contribution in [2.45, 2.75) is 26.0 Å². The molecule has 0 spiro atoms. The molecule has 0 amide bonds. The normalized spacial score (nSPS) is 12.8. The van der Waals surface area contributed by atoms with E-state index in [1.165, 1.54) is 0 Å². The van der Waals surface area contributed by atoms with Gasteiger partial charge in [-0.1, -0.05) is 19.9 Å². The Bertz CT molecular complexity index is 364. The smallest absolute Gasteiger partial charge is 0.138 e. The Hall–Kier alpha value is -1.26. The van der Waals surface area contributed by atoms with Gasteiger partial charge in [-0.15, -0.1) is 0 Å². The van der Waals surface area contributed by atoms with Crippen LogP contribution in [0.2, 0.25) is 0 Å². The number of phenolic OH excluding ortho intramolecular Hbond substituents is 1. The van der Waals surface area contributed by atoms with Crippen molar-refractivity contribution < 1.29 is 10.2 Å². The molecule has 0 saturated carbocycles. The molecule has 0 fully saturated rings. The van der Waals surface area contributed by atoms with E-state index in [4.69, 9.17) is 0 Å². The Morgan fingerprint density at radius 3 is 2.47 bits per heavy atom. The molecule has 0 saturated heterocycles. The summed E-state index contributed by atoms with van der Waals surface area (Å²) in [6.45, 7) is 4.58. The number of phenols is 1. The van der Waals surface area contributed by atoms with Gasteiger partial charge in [-0.25, -0.2) is 0 Å². The largest absolute Gasteiger partial charge is 0.506 e. The maximum Gasteiger partial charge on any atom is 0.138 e. The molecule has 17 heavy (non-hydrogen) atoms. The van der Waals surface area contributed by atoms with Crippen LogP contribution in [0.1, 0.15) is 25.5 Å². The molecule has 96 valence electrons. The van der Waals surface area contributed by atoms with Gasteiger partial charge in [-0.2, -0.15) is 0 Å². The van der Waals surface area contributed by atoms with E-state index >= 15 is 0 Å². The number of hydrogen-bond acceptors (Lipinski definition) is 4. The van der Waals surface area contributed by atoms with Gasteiger partial charge in [0.15, 0.2) is 0 Å². The van der Waals surface area contributed by atoms with Crippen LogP contribution in [0.15, 0.2) is 18.2 Å². The van der Waals surface area contributed by atoms with Crippen molar-refractivity contribution in [2.75, 3.05) is 25.5 Å². The van der Waals surface area contributed by atoms with Crippen LogP contribution in [-0.4, -0.2) is 36.9 Å². The molecule has 1 aromatic carbocycles. The second-order valence-electron chi connectivity index (χ2n) is 4.72. The highest BCUT2D eigenvalue weighted by atomic mass is 16.3. The minimum Gasteiger partial charge on any atom is -0.506 e. The SMILES string of the molecule is CC(C)NCC(O)c1ccc(O)c(N(C)C)c1. The Labute approximate surface area is 103 Å². The summed E-state index contributed by atoms with van der Waals surface area (Å²) in [4.78, 5) is 1.82. The average Bonchev–Trinajstić information content (AvgIpc) is 2.26. The lowest BCUT2D eigenvalue weighted by Crippen LogP contribution is -2.28. The van der Waals surface area contributed by atoms with Crippen LogP contribution in [0.25, 0.3) is 0 Å². The van der Waals surface area contributed by atoms with Gasteiger partial charge in [0.25, 0.3) is 0 Å². The molecule has 3 N–H and O–H groups in total. The maximum absolute atomic E-state index is 10.0. The third kappa shape index (κ3) is 3.91. The summed E-state index contributed by atoms with van der Waals surface area (Å²) < 4.78 is 0. The lowest BCUT2D eigenvalue weighted by atomic mass is 10.1. The summed E-state index contributed by atoms with van der Waals surface area (Å²) in [5.74, 6) is 0.225. The molecular weight excluding hydrogens is 216 g/mol. The van der Waals surface area contributed by atoms with Crippen LogP contribution in [0.4, 0.5) is 5.69 Å². The predicted octanol–water partition coefficient (Wildman–Crippen LogP) is 1.49. The quantitative estimate of drug-likeness (QED) is 0.727. The first-order valence-corrected chi connectivity index (χ1v) is 5.83. The number of rotatable bonds is 5. The number of anilines is 1. The van der Waals surface area contributed by atoms with Crippen molar-refractivity contribution in [2.24, 2.45) is 0 Å². The number of benzene rings is 1. The third-order valence-corrected chi connectivity index (χ3v) is 2.59. The first-order valence-electron chi connectivity index (χ1n) is 5.83. The molecule has 0 heterocycles. The van der Waals surface area contributed by atoms with Gasteiger partial charge in [0, 0.05) is 26.7 Å². The zero-order valence-corrected chi connectivity index (χ0v) is 10.9. The molecule has 4 heteroatoms. The highest BCUT2D eigenvalue weighted by Crippen LogP contribution is 2.28. The molecule has 0 aliphatic heterocycles. The zero-order chi connectivity index (χ0) is 13.0. The minimum absolute atomic E-state index is 0.225. The second kappa shape index (κ2) is 5.89. The summed E-state index contributed by atoms with van der Waals surface area (Å²) >= 11 is 0. The van der Waals surface area contributed by atoms with Gasteiger partial charge in [0.05, 0.1) is 11.8 Å². The second-order valence-corrected chi connectivity index (χ2v) is 4.72. The summed E-state index contributed by atoms with van der Waals surface area (Å²) in [7, 11) is 3.72. The van der Waals surface area contributed by atoms with E-state index in [0.29, 0.717) is 18.3 Å². The van der Waals surface area contributed by atoms with E-state index in [-0.39, 0.29) is 5.75 Å². The highest BCUT2D eigenvalue weighted by Gasteiger charge is 2.11. The fourth-order valence-electron chi connectivity index (χ4n) is 1.57. The maximum atomic E-state index is 10.0. The van der Waals surface area contributed by atoms with Crippen LogP contribution >= 0.6 is 0 Å². The summed E-state index contributed by atoms with van der Waals surface area (Å²) in [5, 5.41) is 22.9. The van der Waals surface area contributed by atoms with Gasteiger partial charge < -0.3 is 20.4 Å². The molecule has 0 aromatic heterocycles. The van der Waals surface area contributed by atoms with Gasteiger partial charge in [0.1, 0.15) is 5.75 Å². The summed E-state index contributed by atoms with van der Waals surface area (Å²) in [6.07, 6.45) is -0.559. The fraction of sp³-hybridized carbons (Fsp3) is 0.538. The van der Waals surface area contributed by atoms with Crippen LogP contribution in [0, 0.1) is 0 Å². The van der Waals surface area contributed by atoms with Crippen LogP contribution in [-0.2, 0) is 0 Å². The Balaban J connectivity index is 2.80. The molecule has 1 unspecified atom stereocenters. The molecule has 1 aromatic rings.